The fraction of sp³-hybridized carbons (Fsp3) is 0.625. The minimum atomic E-state index is -0.224. The van der Waals surface area contributed by atoms with Crippen LogP contribution in [0.1, 0.15) is 23.1 Å². The molecule has 2 aliphatic heterocycles. The van der Waals surface area contributed by atoms with Crippen LogP contribution in [0.25, 0.3) is 0 Å². The van der Waals surface area contributed by atoms with Crippen molar-refractivity contribution in [2.75, 3.05) is 26.9 Å². The molecule has 2 atom stereocenters. The molecule has 2 aliphatic rings. The number of ether oxygens (including phenoxy) is 2. The van der Waals surface area contributed by atoms with E-state index < -0.39 is 0 Å². The van der Waals surface area contributed by atoms with Crippen molar-refractivity contribution in [2.45, 2.75) is 38.1 Å². The zero-order valence-electron chi connectivity index (χ0n) is 12.0. The minimum Gasteiger partial charge on any atom is -0.392 e. The zero-order valence-corrected chi connectivity index (χ0v) is 12.0. The number of hydrogen-bond acceptors (Lipinski definition) is 4. The lowest BCUT2D eigenvalue weighted by molar-refractivity contribution is 0.105. The molecule has 1 N–H and O–H groups in total. The Kier molecular flexibility index (Phi) is 4.36. The third-order valence-corrected chi connectivity index (χ3v) is 4.36. The first kappa shape index (κ1) is 14.0. The highest BCUT2D eigenvalue weighted by Gasteiger charge is 2.31. The van der Waals surface area contributed by atoms with E-state index in [1.54, 1.807) is 7.11 Å². The van der Waals surface area contributed by atoms with Crippen LogP contribution in [0.3, 0.4) is 0 Å². The first-order valence-electron chi connectivity index (χ1n) is 7.36. The van der Waals surface area contributed by atoms with Gasteiger partial charge in [0, 0.05) is 26.2 Å². The van der Waals surface area contributed by atoms with Crippen LogP contribution in [0.5, 0.6) is 0 Å². The molecule has 2 heterocycles. The predicted molar refractivity (Wildman–Crippen MR) is 76.5 cm³/mol. The number of aliphatic hydroxyl groups is 1. The average Bonchev–Trinajstić information content (AvgIpc) is 2.80. The van der Waals surface area contributed by atoms with E-state index >= 15 is 0 Å². The lowest BCUT2D eigenvalue weighted by atomic mass is 9.97. The summed E-state index contributed by atoms with van der Waals surface area (Å²) >= 11 is 0. The van der Waals surface area contributed by atoms with Gasteiger partial charge in [-0.3, -0.25) is 4.90 Å². The Bertz CT molecular complexity index is 463. The van der Waals surface area contributed by atoms with Crippen LogP contribution in [-0.4, -0.2) is 49.0 Å². The molecule has 0 radical (unpaired) electrons. The second-order valence-electron chi connectivity index (χ2n) is 5.79. The molecule has 0 aromatic heterocycles. The number of methoxy groups -OCH3 is 1. The van der Waals surface area contributed by atoms with Crippen LogP contribution < -0.4 is 0 Å². The molecule has 0 saturated carbocycles. The highest BCUT2D eigenvalue weighted by molar-refractivity contribution is 5.36. The van der Waals surface area contributed by atoms with E-state index in [-0.39, 0.29) is 6.10 Å². The van der Waals surface area contributed by atoms with Gasteiger partial charge in [0.15, 0.2) is 0 Å². The van der Waals surface area contributed by atoms with Crippen LogP contribution in [0.2, 0.25) is 0 Å². The van der Waals surface area contributed by atoms with Crippen LogP contribution in [-0.2, 0) is 29.0 Å². The summed E-state index contributed by atoms with van der Waals surface area (Å²) in [5, 5.41) is 9.90. The topological polar surface area (TPSA) is 41.9 Å². The Balaban J connectivity index is 1.77. The molecule has 0 amide bonds. The van der Waals surface area contributed by atoms with Crippen LogP contribution in [0.4, 0.5) is 0 Å². The normalized spacial score (nSPS) is 26.7. The third-order valence-electron chi connectivity index (χ3n) is 4.36. The summed E-state index contributed by atoms with van der Waals surface area (Å²) in [5.41, 5.74) is 4.13. The minimum absolute atomic E-state index is 0.224. The van der Waals surface area contributed by atoms with Gasteiger partial charge >= 0.3 is 0 Å². The molecule has 20 heavy (non-hydrogen) atoms. The molecule has 3 rings (SSSR count). The van der Waals surface area contributed by atoms with Gasteiger partial charge in [0.25, 0.3) is 0 Å². The second-order valence-corrected chi connectivity index (χ2v) is 5.79. The van der Waals surface area contributed by atoms with Crippen LogP contribution in [0.15, 0.2) is 18.2 Å². The summed E-state index contributed by atoms with van der Waals surface area (Å²) in [4.78, 5) is 2.35. The molecule has 1 fully saturated rings. The maximum absolute atomic E-state index is 9.90. The molecule has 0 bridgehead atoms. The molecule has 4 nitrogen and oxygen atoms in total. The molecule has 1 aromatic rings. The molecule has 0 aliphatic carbocycles. The first-order valence-corrected chi connectivity index (χ1v) is 7.36. The Hall–Kier alpha value is -0.940. The number of aliphatic hydroxyl groups excluding tert-OH is 1. The standard InChI is InChI=1S/C16H23NO3/c1-19-11-14-7-15(18)9-17(14)8-12-3-2-4-13-10-20-6-5-16(12)13/h2-4,14-15,18H,5-11H2,1H3/t14-,15-/m1/s1. The number of nitrogens with zero attached hydrogens (tertiary/aromatic N) is 1. The summed E-state index contributed by atoms with van der Waals surface area (Å²) in [7, 11) is 1.73. The van der Waals surface area contributed by atoms with Crippen molar-refractivity contribution in [3.05, 3.63) is 34.9 Å². The third kappa shape index (κ3) is 2.88. The van der Waals surface area contributed by atoms with Crippen molar-refractivity contribution in [3.63, 3.8) is 0 Å². The summed E-state index contributed by atoms with van der Waals surface area (Å²) in [6.07, 6.45) is 1.58. The van der Waals surface area contributed by atoms with Gasteiger partial charge in [0.05, 0.1) is 25.9 Å². The summed E-state index contributed by atoms with van der Waals surface area (Å²) in [5.74, 6) is 0. The maximum Gasteiger partial charge on any atom is 0.0719 e. The predicted octanol–water partition coefficient (Wildman–Crippen LogP) is 1.34. The van der Waals surface area contributed by atoms with E-state index in [1.807, 2.05) is 0 Å². The highest BCUT2D eigenvalue weighted by Crippen LogP contribution is 2.26. The van der Waals surface area contributed by atoms with Gasteiger partial charge in [-0.15, -0.1) is 0 Å². The Labute approximate surface area is 120 Å². The first-order chi connectivity index (χ1) is 9.78. The number of likely N-dealkylation sites (tertiary alicyclic amines) is 1. The van der Waals surface area contributed by atoms with Crippen molar-refractivity contribution in [1.82, 2.24) is 4.90 Å². The van der Waals surface area contributed by atoms with Crippen molar-refractivity contribution in [2.24, 2.45) is 0 Å². The summed E-state index contributed by atoms with van der Waals surface area (Å²) in [6.45, 7) is 3.87. The van der Waals surface area contributed by atoms with Gasteiger partial charge in [-0.2, -0.15) is 0 Å². The van der Waals surface area contributed by atoms with Gasteiger partial charge in [0.2, 0.25) is 0 Å². The molecule has 1 saturated heterocycles. The van der Waals surface area contributed by atoms with Crippen molar-refractivity contribution < 1.29 is 14.6 Å². The molecular weight excluding hydrogens is 254 g/mol. The Morgan fingerprint density at radius 3 is 3.20 bits per heavy atom. The fourth-order valence-electron chi connectivity index (χ4n) is 3.38. The van der Waals surface area contributed by atoms with E-state index in [4.69, 9.17) is 9.47 Å². The molecule has 0 unspecified atom stereocenters. The monoisotopic (exact) mass is 277 g/mol. The number of fused-ring (bicyclic) bond motifs is 1. The van der Waals surface area contributed by atoms with E-state index in [2.05, 4.69) is 23.1 Å². The van der Waals surface area contributed by atoms with Crippen LogP contribution in [0, 0.1) is 0 Å². The smallest absolute Gasteiger partial charge is 0.0719 e. The van der Waals surface area contributed by atoms with Crippen molar-refractivity contribution in [3.8, 4) is 0 Å². The van der Waals surface area contributed by atoms with Gasteiger partial charge in [-0.1, -0.05) is 18.2 Å². The Morgan fingerprint density at radius 1 is 1.45 bits per heavy atom. The number of hydrogen-bond donors (Lipinski definition) is 1. The van der Waals surface area contributed by atoms with E-state index in [0.29, 0.717) is 12.6 Å². The van der Waals surface area contributed by atoms with Gasteiger partial charge < -0.3 is 14.6 Å². The number of benzene rings is 1. The Morgan fingerprint density at radius 2 is 2.35 bits per heavy atom. The molecule has 110 valence electrons. The van der Waals surface area contributed by atoms with E-state index in [9.17, 15) is 5.11 Å². The van der Waals surface area contributed by atoms with Gasteiger partial charge in [-0.25, -0.2) is 0 Å². The van der Waals surface area contributed by atoms with Gasteiger partial charge in [0.1, 0.15) is 0 Å². The van der Waals surface area contributed by atoms with Crippen molar-refractivity contribution >= 4 is 0 Å². The quantitative estimate of drug-likeness (QED) is 0.902. The van der Waals surface area contributed by atoms with E-state index in [1.165, 1.54) is 16.7 Å². The van der Waals surface area contributed by atoms with E-state index in [0.717, 1.165) is 39.1 Å². The number of β-amino-alcohol motifs (C(OH)–C–C–N with tert-alkyl or cyclic N) is 1. The molecular formula is C16H23NO3. The largest absolute Gasteiger partial charge is 0.392 e. The lowest BCUT2D eigenvalue weighted by Gasteiger charge is -2.26. The SMILES string of the molecule is COC[C@H]1C[C@@H](O)CN1Cc1cccc2c1CCOC2. The van der Waals surface area contributed by atoms with Crippen LogP contribution >= 0.6 is 0 Å². The molecule has 0 spiro atoms. The summed E-state index contributed by atoms with van der Waals surface area (Å²) < 4.78 is 10.8. The maximum atomic E-state index is 9.90. The fourth-order valence-corrected chi connectivity index (χ4v) is 3.38. The highest BCUT2D eigenvalue weighted by atomic mass is 16.5. The molecule has 1 aromatic carbocycles. The lowest BCUT2D eigenvalue weighted by Crippen LogP contribution is -2.33. The molecule has 4 heteroatoms. The zero-order chi connectivity index (χ0) is 13.9. The number of rotatable bonds is 4. The van der Waals surface area contributed by atoms with Gasteiger partial charge in [-0.05, 0) is 29.5 Å². The second kappa shape index (κ2) is 6.22. The van der Waals surface area contributed by atoms with Crippen molar-refractivity contribution in [1.29, 1.82) is 0 Å². The average molecular weight is 277 g/mol. The summed E-state index contributed by atoms with van der Waals surface area (Å²) in [6, 6.07) is 6.80.